The minimum absolute atomic E-state index is 0.0395. The lowest BCUT2D eigenvalue weighted by Crippen LogP contribution is -2.53. The Kier molecular flexibility index (Phi) is 4.64. The summed E-state index contributed by atoms with van der Waals surface area (Å²) in [4.78, 5) is 17.0. The summed E-state index contributed by atoms with van der Waals surface area (Å²) in [5.74, 6) is 0.706. The smallest absolute Gasteiger partial charge is 0.260 e. The van der Waals surface area contributed by atoms with E-state index in [1.807, 2.05) is 4.90 Å². The van der Waals surface area contributed by atoms with E-state index in [2.05, 4.69) is 29.2 Å². The van der Waals surface area contributed by atoms with Gasteiger partial charge in [0.15, 0.2) is 6.61 Å². The molecule has 2 heterocycles. The Morgan fingerprint density at radius 1 is 1.08 bits per heavy atom. The summed E-state index contributed by atoms with van der Waals surface area (Å²) in [7, 11) is 0. The van der Waals surface area contributed by atoms with Crippen molar-refractivity contribution < 1.29 is 9.53 Å². The maximum atomic E-state index is 12.6. The summed E-state index contributed by atoms with van der Waals surface area (Å²) in [6.07, 6.45) is 1.10. The fraction of sp³-hybridized carbons (Fsp3) is 0.350. The van der Waals surface area contributed by atoms with Crippen molar-refractivity contribution in [2.24, 2.45) is 0 Å². The zero-order valence-electron chi connectivity index (χ0n) is 14.0. The lowest BCUT2D eigenvalue weighted by Gasteiger charge is -2.44. The van der Waals surface area contributed by atoms with E-state index in [0.717, 1.165) is 32.6 Å². The predicted octanol–water partition coefficient (Wildman–Crippen LogP) is 3.16. The van der Waals surface area contributed by atoms with E-state index in [1.165, 1.54) is 11.1 Å². The molecule has 4 nitrogen and oxygen atoms in total. The van der Waals surface area contributed by atoms with Crippen molar-refractivity contribution in [2.45, 2.75) is 12.5 Å². The van der Waals surface area contributed by atoms with Crippen LogP contribution in [0.25, 0.3) is 0 Å². The van der Waals surface area contributed by atoms with Crippen molar-refractivity contribution in [1.82, 2.24) is 9.80 Å². The van der Waals surface area contributed by atoms with E-state index in [1.54, 1.807) is 24.3 Å². The van der Waals surface area contributed by atoms with Crippen LogP contribution in [0.5, 0.6) is 5.75 Å². The summed E-state index contributed by atoms with van der Waals surface area (Å²) >= 11 is 5.87. The Balaban J connectivity index is 1.41. The highest BCUT2D eigenvalue weighted by Gasteiger charge is 2.34. The Hall–Kier alpha value is -2.04. The number of carbonyl (C=O) groups excluding carboxylic acids is 1. The molecule has 2 aliphatic rings. The zero-order valence-corrected chi connectivity index (χ0v) is 14.8. The van der Waals surface area contributed by atoms with Gasteiger partial charge in [-0.15, -0.1) is 0 Å². The van der Waals surface area contributed by atoms with Gasteiger partial charge in [0.1, 0.15) is 5.75 Å². The lowest BCUT2D eigenvalue weighted by atomic mass is 9.91. The van der Waals surface area contributed by atoms with Gasteiger partial charge >= 0.3 is 0 Å². The molecule has 0 aliphatic carbocycles. The molecule has 0 radical (unpaired) electrons. The SMILES string of the molecule is O=C(COc1ccc(Cl)cc1)N1CCN2CCc3ccccc3C2C1. The summed E-state index contributed by atoms with van der Waals surface area (Å²) in [6.45, 7) is 3.56. The maximum absolute atomic E-state index is 12.6. The third-order valence-corrected chi connectivity index (χ3v) is 5.35. The Labute approximate surface area is 152 Å². The maximum Gasteiger partial charge on any atom is 0.260 e. The standard InChI is InChI=1S/C20H21ClN2O2/c21-16-5-7-17(8-6-16)25-14-20(24)23-12-11-22-10-9-15-3-1-2-4-18(15)19(22)13-23/h1-8,19H,9-14H2. The van der Waals surface area contributed by atoms with Gasteiger partial charge in [0.05, 0.1) is 6.04 Å². The molecule has 0 aromatic heterocycles. The molecule has 25 heavy (non-hydrogen) atoms. The molecule has 1 saturated heterocycles. The van der Waals surface area contributed by atoms with Crippen LogP contribution in [0.3, 0.4) is 0 Å². The first kappa shape index (κ1) is 16.4. The highest BCUT2D eigenvalue weighted by atomic mass is 35.5. The van der Waals surface area contributed by atoms with E-state index in [0.29, 0.717) is 16.8 Å². The van der Waals surface area contributed by atoms with Crippen molar-refractivity contribution in [2.75, 3.05) is 32.8 Å². The monoisotopic (exact) mass is 356 g/mol. The molecule has 0 saturated carbocycles. The second kappa shape index (κ2) is 7.06. The number of ether oxygens (including phenoxy) is 1. The molecule has 0 N–H and O–H groups in total. The quantitative estimate of drug-likeness (QED) is 0.847. The van der Waals surface area contributed by atoms with Gasteiger partial charge in [-0.05, 0) is 41.8 Å². The minimum Gasteiger partial charge on any atom is -0.484 e. The third kappa shape index (κ3) is 3.51. The van der Waals surface area contributed by atoms with Gasteiger partial charge in [-0.1, -0.05) is 35.9 Å². The van der Waals surface area contributed by atoms with E-state index < -0.39 is 0 Å². The van der Waals surface area contributed by atoms with Gasteiger partial charge in [0.2, 0.25) is 0 Å². The van der Waals surface area contributed by atoms with Gasteiger partial charge < -0.3 is 9.64 Å². The Bertz CT molecular complexity index is 763. The number of amides is 1. The summed E-state index contributed by atoms with van der Waals surface area (Å²) in [6, 6.07) is 16.0. The molecule has 0 spiro atoms. The van der Waals surface area contributed by atoms with Crippen LogP contribution >= 0.6 is 11.6 Å². The van der Waals surface area contributed by atoms with Crippen molar-refractivity contribution >= 4 is 17.5 Å². The fourth-order valence-electron chi connectivity index (χ4n) is 3.73. The second-order valence-corrected chi connectivity index (χ2v) is 7.02. The zero-order chi connectivity index (χ0) is 17.2. The summed E-state index contributed by atoms with van der Waals surface area (Å²) in [5.41, 5.74) is 2.78. The van der Waals surface area contributed by atoms with Gasteiger partial charge in [-0.3, -0.25) is 9.69 Å². The number of fused-ring (bicyclic) bond motifs is 3. The Morgan fingerprint density at radius 2 is 1.88 bits per heavy atom. The van der Waals surface area contributed by atoms with Gasteiger partial charge in [0.25, 0.3) is 5.91 Å². The summed E-state index contributed by atoms with van der Waals surface area (Å²) < 4.78 is 5.62. The van der Waals surface area contributed by atoms with Crippen LogP contribution in [-0.2, 0) is 11.2 Å². The molecule has 130 valence electrons. The number of benzene rings is 2. The second-order valence-electron chi connectivity index (χ2n) is 6.58. The number of rotatable bonds is 3. The van der Waals surface area contributed by atoms with Crippen LogP contribution in [0.4, 0.5) is 0 Å². The fourth-order valence-corrected chi connectivity index (χ4v) is 3.85. The highest BCUT2D eigenvalue weighted by Crippen LogP contribution is 2.32. The van der Waals surface area contributed by atoms with E-state index in [9.17, 15) is 4.79 Å². The van der Waals surface area contributed by atoms with Crippen LogP contribution in [0.1, 0.15) is 17.2 Å². The largest absolute Gasteiger partial charge is 0.484 e. The van der Waals surface area contributed by atoms with Crippen LogP contribution in [0.15, 0.2) is 48.5 Å². The van der Waals surface area contributed by atoms with E-state index in [4.69, 9.17) is 16.3 Å². The van der Waals surface area contributed by atoms with Crippen LogP contribution in [0, 0.1) is 0 Å². The average molecular weight is 357 g/mol. The van der Waals surface area contributed by atoms with Gasteiger partial charge in [0, 0.05) is 31.2 Å². The van der Waals surface area contributed by atoms with Crippen molar-refractivity contribution in [3.05, 3.63) is 64.7 Å². The number of nitrogens with zero attached hydrogens (tertiary/aromatic N) is 2. The van der Waals surface area contributed by atoms with Gasteiger partial charge in [-0.2, -0.15) is 0 Å². The van der Waals surface area contributed by atoms with E-state index >= 15 is 0 Å². The first-order valence-electron chi connectivity index (χ1n) is 8.69. The normalized spacial score (nSPS) is 19.9. The number of carbonyl (C=O) groups is 1. The molecule has 1 fully saturated rings. The first-order chi connectivity index (χ1) is 12.2. The molecule has 1 amide bonds. The topological polar surface area (TPSA) is 32.8 Å². The predicted molar refractivity (Wildman–Crippen MR) is 98.0 cm³/mol. The minimum atomic E-state index is 0.0395. The molecule has 2 aromatic carbocycles. The molecule has 0 bridgehead atoms. The first-order valence-corrected chi connectivity index (χ1v) is 9.06. The van der Waals surface area contributed by atoms with Crippen LogP contribution in [0.2, 0.25) is 5.02 Å². The molecule has 4 rings (SSSR count). The number of halogens is 1. The molecule has 2 aliphatic heterocycles. The number of hydrogen-bond acceptors (Lipinski definition) is 3. The van der Waals surface area contributed by atoms with E-state index in [-0.39, 0.29) is 12.5 Å². The molecule has 1 unspecified atom stereocenters. The van der Waals surface area contributed by atoms with Crippen molar-refractivity contribution in [1.29, 1.82) is 0 Å². The number of piperazine rings is 1. The molecular weight excluding hydrogens is 336 g/mol. The third-order valence-electron chi connectivity index (χ3n) is 5.10. The van der Waals surface area contributed by atoms with Gasteiger partial charge in [-0.25, -0.2) is 0 Å². The Morgan fingerprint density at radius 3 is 2.72 bits per heavy atom. The summed E-state index contributed by atoms with van der Waals surface area (Å²) in [5, 5.41) is 0.658. The van der Waals surface area contributed by atoms with Crippen LogP contribution in [-0.4, -0.2) is 48.5 Å². The molecular formula is C20H21ClN2O2. The highest BCUT2D eigenvalue weighted by molar-refractivity contribution is 6.30. The van der Waals surface area contributed by atoms with Crippen molar-refractivity contribution in [3.63, 3.8) is 0 Å². The lowest BCUT2D eigenvalue weighted by molar-refractivity contribution is -0.136. The molecule has 5 heteroatoms. The van der Waals surface area contributed by atoms with Crippen molar-refractivity contribution in [3.8, 4) is 5.75 Å². The average Bonchev–Trinajstić information content (AvgIpc) is 2.67. The number of hydrogen-bond donors (Lipinski definition) is 0. The molecule has 2 aromatic rings. The molecule has 1 atom stereocenters. The van der Waals surface area contributed by atoms with Crippen LogP contribution < -0.4 is 4.74 Å².